The van der Waals surface area contributed by atoms with Crippen LogP contribution in [0.15, 0.2) is 0 Å². The fraction of sp³-hybridized carbons (Fsp3) is 1.00. The van der Waals surface area contributed by atoms with Gasteiger partial charge in [-0.1, -0.05) is 20.3 Å². The molecule has 0 aromatic carbocycles. The number of hydrogen-bond acceptors (Lipinski definition) is 2. The third kappa shape index (κ3) is 3.25. The van der Waals surface area contributed by atoms with Crippen LogP contribution in [0.1, 0.15) is 40.0 Å². The van der Waals surface area contributed by atoms with E-state index in [-0.39, 0.29) is 0 Å². The van der Waals surface area contributed by atoms with Crippen LogP contribution in [0.25, 0.3) is 0 Å². The van der Waals surface area contributed by atoms with Gasteiger partial charge in [0.05, 0.1) is 0 Å². The van der Waals surface area contributed by atoms with Crippen molar-refractivity contribution in [3.63, 3.8) is 0 Å². The molecule has 0 spiro atoms. The molecule has 0 bridgehead atoms. The monoisotopic (exact) mass is 198 g/mol. The number of nitrogens with zero attached hydrogens (tertiary/aromatic N) is 1. The van der Waals surface area contributed by atoms with E-state index in [9.17, 15) is 0 Å². The highest BCUT2D eigenvalue weighted by molar-refractivity contribution is 4.86. The second-order valence-electron chi connectivity index (χ2n) is 5.29. The van der Waals surface area contributed by atoms with E-state index < -0.39 is 0 Å². The van der Waals surface area contributed by atoms with Crippen LogP contribution >= 0.6 is 0 Å². The summed E-state index contributed by atoms with van der Waals surface area (Å²) in [7, 11) is 2.27. The quantitative estimate of drug-likeness (QED) is 0.728. The summed E-state index contributed by atoms with van der Waals surface area (Å²) in [6, 6.07) is 0.734. The molecule has 14 heavy (non-hydrogen) atoms. The maximum Gasteiger partial charge on any atom is 0.00640 e. The van der Waals surface area contributed by atoms with Crippen LogP contribution in [-0.2, 0) is 0 Å². The van der Waals surface area contributed by atoms with E-state index in [1.165, 1.54) is 38.9 Å². The maximum atomic E-state index is 3.46. The van der Waals surface area contributed by atoms with Crippen molar-refractivity contribution in [1.82, 2.24) is 10.2 Å². The van der Waals surface area contributed by atoms with Gasteiger partial charge in [0.1, 0.15) is 0 Å². The van der Waals surface area contributed by atoms with Crippen molar-refractivity contribution >= 4 is 0 Å². The van der Waals surface area contributed by atoms with E-state index in [1.807, 2.05) is 0 Å². The summed E-state index contributed by atoms with van der Waals surface area (Å²) in [5.74, 6) is 0. The van der Waals surface area contributed by atoms with Gasteiger partial charge in [-0.25, -0.2) is 0 Å². The minimum absolute atomic E-state index is 0.511. The third-order valence-corrected chi connectivity index (χ3v) is 3.55. The molecule has 1 saturated heterocycles. The molecule has 1 N–H and O–H groups in total. The largest absolute Gasteiger partial charge is 0.316 e. The molecule has 0 aromatic rings. The summed E-state index contributed by atoms with van der Waals surface area (Å²) in [6.07, 6.45) is 3.94. The smallest absolute Gasteiger partial charge is 0.00640 e. The fourth-order valence-corrected chi connectivity index (χ4v) is 2.40. The number of rotatable bonds is 5. The van der Waals surface area contributed by atoms with Gasteiger partial charge in [0.25, 0.3) is 0 Å². The average molecular weight is 198 g/mol. The summed E-state index contributed by atoms with van der Waals surface area (Å²) in [5, 5.41) is 3.46. The predicted molar refractivity (Wildman–Crippen MR) is 62.6 cm³/mol. The van der Waals surface area contributed by atoms with E-state index >= 15 is 0 Å². The Morgan fingerprint density at radius 1 is 1.50 bits per heavy atom. The lowest BCUT2D eigenvalue weighted by atomic mass is 9.89. The number of nitrogens with one attached hydrogen (secondary N) is 1. The van der Waals surface area contributed by atoms with Crippen molar-refractivity contribution in [2.45, 2.75) is 46.1 Å². The van der Waals surface area contributed by atoms with Crippen LogP contribution in [0, 0.1) is 5.41 Å². The van der Waals surface area contributed by atoms with E-state index in [0.717, 1.165) is 6.04 Å². The molecule has 2 atom stereocenters. The molecule has 2 nitrogen and oxygen atoms in total. The van der Waals surface area contributed by atoms with Crippen molar-refractivity contribution < 1.29 is 0 Å². The Morgan fingerprint density at radius 2 is 2.21 bits per heavy atom. The lowest BCUT2D eigenvalue weighted by Gasteiger charge is -2.33. The van der Waals surface area contributed by atoms with E-state index in [4.69, 9.17) is 0 Å². The van der Waals surface area contributed by atoms with E-state index in [0.29, 0.717) is 5.41 Å². The van der Waals surface area contributed by atoms with Gasteiger partial charge in [0.2, 0.25) is 0 Å². The molecular formula is C12H26N2. The first-order valence-electron chi connectivity index (χ1n) is 5.98. The van der Waals surface area contributed by atoms with Gasteiger partial charge in [-0.15, -0.1) is 0 Å². The Hall–Kier alpha value is -0.0800. The van der Waals surface area contributed by atoms with Crippen molar-refractivity contribution in [2.24, 2.45) is 5.41 Å². The fourth-order valence-electron chi connectivity index (χ4n) is 2.40. The molecule has 0 radical (unpaired) electrons. The molecule has 1 aliphatic heterocycles. The molecule has 0 aliphatic carbocycles. The molecule has 2 heteroatoms. The molecule has 1 rings (SSSR count). The summed E-state index contributed by atoms with van der Waals surface area (Å²) in [6.45, 7) is 10.6. The highest BCUT2D eigenvalue weighted by atomic mass is 15.1. The molecule has 84 valence electrons. The van der Waals surface area contributed by atoms with E-state index in [1.54, 1.807) is 0 Å². The van der Waals surface area contributed by atoms with Crippen molar-refractivity contribution in [2.75, 3.05) is 26.7 Å². The summed E-state index contributed by atoms with van der Waals surface area (Å²) in [5.41, 5.74) is 0.511. The Labute approximate surface area is 89.1 Å². The van der Waals surface area contributed by atoms with E-state index in [2.05, 4.69) is 38.0 Å². The molecule has 1 fully saturated rings. The Kier molecular flexibility index (Phi) is 4.39. The summed E-state index contributed by atoms with van der Waals surface area (Å²) >= 11 is 0. The molecule has 1 heterocycles. The van der Waals surface area contributed by atoms with Crippen molar-refractivity contribution in [1.29, 1.82) is 0 Å². The highest BCUT2D eigenvalue weighted by Gasteiger charge is 2.30. The van der Waals surface area contributed by atoms with Gasteiger partial charge in [-0.3, -0.25) is 0 Å². The van der Waals surface area contributed by atoms with Crippen LogP contribution in [0.3, 0.4) is 0 Å². The average Bonchev–Trinajstić information content (AvgIpc) is 2.52. The first-order valence-corrected chi connectivity index (χ1v) is 5.98. The predicted octanol–water partition coefficient (Wildman–Crippen LogP) is 2.11. The summed E-state index contributed by atoms with van der Waals surface area (Å²) < 4.78 is 0. The molecule has 0 aromatic heterocycles. The van der Waals surface area contributed by atoms with Gasteiger partial charge in [-0.05, 0) is 38.8 Å². The first-order chi connectivity index (χ1) is 6.57. The van der Waals surface area contributed by atoms with Gasteiger partial charge < -0.3 is 10.2 Å². The van der Waals surface area contributed by atoms with Crippen LogP contribution in [0.4, 0.5) is 0 Å². The second kappa shape index (κ2) is 5.13. The van der Waals surface area contributed by atoms with Crippen molar-refractivity contribution in [3.05, 3.63) is 0 Å². The second-order valence-corrected chi connectivity index (χ2v) is 5.29. The first kappa shape index (κ1) is 12.0. The minimum Gasteiger partial charge on any atom is -0.316 e. The van der Waals surface area contributed by atoms with Crippen LogP contribution in [0.5, 0.6) is 0 Å². The van der Waals surface area contributed by atoms with Crippen LogP contribution in [0.2, 0.25) is 0 Å². The molecular weight excluding hydrogens is 172 g/mol. The summed E-state index contributed by atoms with van der Waals surface area (Å²) in [4.78, 5) is 2.52. The molecule has 0 amide bonds. The van der Waals surface area contributed by atoms with Gasteiger partial charge >= 0.3 is 0 Å². The normalized spacial score (nSPS) is 29.8. The van der Waals surface area contributed by atoms with Gasteiger partial charge in [0, 0.05) is 19.1 Å². The Balaban J connectivity index is 2.34. The Bertz CT molecular complexity index is 162. The zero-order valence-corrected chi connectivity index (χ0v) is 10.3. The number of hydrogen-bond donors (Lipinski definition) is 1. The molecule has 1 aliphatic rings. The third-order valence-electron chi connectivity index (χ3n) is 3.55. The zero-order chi connectivity index (χ0) is 10.6. The zero-order valence-electron chi connectivity index (χ0n) is 10.3. The van der Waals surface area contributed by atoms with Crippen molar-refractivity contribution in [3.8, 4) is 0 Å². The SMILES string of the molecule is CCCC(C)N(C)CC1(C)CCNC1. The van der Waals surface area contributed by atoms with Gasteiger partial charge in [0.15, 0.2) is 0 Å². The minimum atomic E-state index is 0.511. The topological polar surface area (TPSA) is 15.3 Å². The lowest BCUT2D eigenvalue weighted by molar-refractivity contribution is 0.162. The van der Waals surface area contributed by atoms with Crippen LogP contribution in [-0.4, -0.2) is 37.6 Å². The standard InChI is InChI=1S/C12H26N2/c1-5-6-11(2)14(4)10-12(3)7-8-13-9-12/h11,13H,5-10H2,1-4H3. The molecule has 0 saturated carbocycles. The lowest BCUT2D eigenvalue weighted by Crippen LogP contribution is -2.39. The highest BCUT2D eigenvalue weighted by Crippen LogP contribution is 2.26. The Morgan fingerprint density at radius 3 is 2.71 bits per heavy atom. The van der Waals surface area contributed by atoms with Gasteiger partial charge in [-0.2, -0.15) is 0 Å². The maximum absolute atomic E-state index is 3.46. The molecule has 2 unspecified atom stereocenters. The van der Waals surface area contributed by atoms with Crippen LogP contribution < -0.4 is 5.32 Å².